The zero-order valence-corrected chi connectivity index (χ0v) is 10.4. The highest BCUT2D eigenvalue weighted by Crippen LogP contribution is 2.06. The molecule has 2 rings (SSSR count). The summed E-state index contributed by atoms with van der Waals surface area (Å²) in [5.41, 5.74) is 1.67. The summed E-state index contributed by atoms with van der Waals surface area (Å²) in [6, 6.07) is 7.50. The second kappa shape index (κ2) is 5.39. The summed E-state index contributed by atoms with van der Waals surface area (Å²) in [5, 5.41) is 14.0. The van der Waals surface area contributed by atoms with Crippen molar-refractivity contribution in [2.75, 3.05) is 6.54 Å². The van der Waals surface area contributed by atoms with Crippen LogP contribution >= 0.6 is 0 Å². The number of nitrogens with one attached hydrogen (secondary N) is 1. The maximum atomic E-state index is 11.9. The quantitative estimate of drug-likeness (QED) is 0.851. The largest absolute Gasteiger partial charge is 0.352 e. The van der Waals surface area contributed by atoms with E-state index in [2.05, 4.69) is 20.8 Å². The van der Waals surface area contributed by atoms with E-state index >= 15 is 0 Å². The predicted molar refractivity (Wildman–Crippen MR) is 66.0 cm³/mol. The number of nitrogens with zero attached hydrogens (tertiary/aromatic N) is 4. The molecule has 1 heterocycles. The molecule has 0 bridgehead atoms. The molecule has 0 aliphatic rings. The van der Waals surface area contributed by atoms with Crippen LogP contribution in [0.4, 0.5) is 0 Å². The van der Waals surface area contributed by atoms with Gasteiger partial charge in [-0.15, -0.1) is 5.10 Å². The van der Waals surface area contributed by atoms with Gasteiger partial charge in [-0.25, -0.2) is 4.68 Å². The first-order chi connectivity index (χ1) is 8.68. The molecule has 0 fully saturated rings. The summed E-state index contributed by atoms with van der Waals surface area (Å²) in [5.74, 6) is 0.684. The lowest BCUT2D eigenvalue weighted by Crippen LogP contribution is -2.27. The molecule has 0 saturated heterocycles. The van der Waals surface area contributed by atoms with E-state index in [1.807, 2.05) is 31.2 Å². The molecule has 0 aliphatic heterocycles. The first-order valence-electron chi connectivity index (χ1n) is 5.73. The maximum absolute atomic E-state index is 11.9. The molecule has 0 atom stereocenters. The third-order valence-electron chi connectivity index (χ3n) is 2.73. The van der Waals surface area contributed by atoms with Crippen molar-refractivity contribution in [1.29, 1.82) is 0 Å². The van der Waals surface area contributed by atoms with Crippen molar-refractivity contribution < 1.29 is 4.79 Å². The van der Waals surface area contributed by atoms with Crippen LogP contribution in [0.15, 0.2) is 24.3 Å². The Labute approximate surface area is 105 Å². The third kappa shape index (κ3) is 2.71. The molecule has 94 valence electrons. The summed E-state index contributed by atoms with van der Waals surface area (Å²) in [4.78, 5) is 11.9. The third-order valence-corrected chi connectivity index (χ3v) is 2.73. The zero-order valence-electron chi connectivity index (χ0n) is 10.4. The lowest BCUT2D eigenvalue weighted by atomic mass is 10.1. The van der Waals surface area contributed by atoms with Gasteiger partial charge < -0.3 is 5.32 Å². The van der Waals surface area contributed by atoms with Crippen molar-refractivity contribution in [2.24, 2.45) is 7.05 Å². The van der Waals surface area contributed by atoms with Gasteiger partial charge in [0.15, 0.2) is 5.82 Å². The van der Waals surface area contributed by atoms with Crippen LogP contribution in [0, 0.1) is 6.92 Å². The molecular formula is C12H15N5O. The molecule has 0 radical (unpaired) electrons. The summed E-state index contributed by atoms with van der Waals surface area (Å²) < 4.78 is 1.60. The Kier molecular flexibility index (Phi) is 3.66. The van der Waals surface area contributed by atoms with Crippen LogP contribution in [0.25, 0.3) is 0 Å². The standard InChI is InChI=1S/C12H15N5O/c1-9-5-3-4-6-10(9)12(18)13-8-7-11-14-15-16-17(11)2/h3-6H,7-8H2,1-2H3,(H,13,18). The van der Waals surface area contributed by atoms with Gasteiger partial charge in [-0.1, -0.05) is 18.2 Å². The first kappa shape index (κ1) is 12.2. The topological polar surface area (TPSA) is 72.7 Å². The minimum Gasteiger partial charge on any atom is -0.352 e. The molecule has 0 aliphatic carbocycles. The van der Waals surface area contributed by atoms with Crippen LogP contribution in [-0.2, 0) is 13.5 Å². The number of carbonyl (C=O) groups is 1. The number of aromatic nitrogens is 4. The van der Waals surface area contributed by atoms with E-state index in [1.54, 1.807) is 11.7 Å². The summed E-state index contributed by atoms with van der Waals surface area (Å²) in [7, 11) is 1.78. The highest BCUT2D eigenvalue weighted by Gasteiger charge is 2.08. The van der Waals surface area contributed by atoms with Crippen LogP contribution < -0.4 is 5.32 Å². The molecule has 0 unspecified atom stereocenters. The zero-order chi connectivity index (χ0) is 13.0. The van der Waals surface area contributed by atoms with E-state index in [0.717, 1.165) is 11.4 Å². The number of amides is 1. The van der Waals surface area contributed by atoms with E-state index in [4.69, 9.17) is 0 Å². The number of rotatable bonds is 4. The normalized spacial score (nSPS) is 10.3. The molecule has 0 saturated carbocycles. The van der Waals surface area contributed by atoms with Gasteiger partial charge in [-0.3, -0.25) is 4.79 Å². The second-order valence-corrected chi connectivity index (χ2v) is 4.04. The molecule has 6 nitrogen and oxygen atoms in total. The van der Waals surface area contributed by atoms with Crippen LogP contribution in [0.1, 0.15) is 21.7 Å². The monoisotopic (exact) mass is 245 g/mol. The molecule has 1 aromatic heterocycles. The van der Waals surface area contributed by atoms with Gasteiger partial charge >= 0.3 is 0 Å². The first-order valence-corrected chi connectivity index (χ1v) is 5.73. The van der Waals surface area contributed by atoms with Crippen LogP contribution in [0.3, 0.4) is 0 Å². The van der Waals surface area contributed by atoms with Gasteiger partial charge in [-0.05, 0) is 29.0 Å². The number of aryl methyl sites for hydroxylation is 2. The Bertz CT molecular complexity index is 549. The van der Waals surface area contributed by atoms with Gasteiger partial charge in [0.25, 0.3) is 5.91 Å². The molecule has 18 heavy (non-hydrogen) atoms. The fourth-order valence-electron chi connectivity index (χ4n) is 1.67. The summed E-state index contributed by atoms with van der Waals surface area (Å²) in [6.45, 7) is 2.43. The van der Waals surface area contributed by atoms with E-state index in [9.17, 15) is 4.79 Å². The molecule has 1 N–H and O–H groups in total. The Morgan fingerprint density at radius 2 is 2.17 bits per heavy atom. The Morgan fingerprint density at radius 1 is 1.39 bits per heavy atom. The highest BCUT2D eigenvalue weighted by molar-refractivity contribution is 5.95. The summed E-state index contributed by atoms with van der Waals surface area (Å²) >= 11 is 0. The Balaban J connectivity index is 1.90. The minimum absolute atomic E-state index is 0.0665. The van der Waals surface area contributed by atoms with Gasteiger partial charge in [0.2, 0.25) is 0 Å². The van der Waals surface area contributed by atoms with Crippen LogP contribution in [0.2, 0.25) is 0 Å². The van der Waals surface area contributed by atoms with E-state index in [-0.39, 0.29) is 5.91 Å². The number of carbonyl (C=O) groups excluding carboxylic acids is 1. The molecule has 2 aromatic rings. The minimum atomic E-state index is -0.0665. The van der Waals surface area contributed by atoms with Gasteiger partial charge in [0.1, 0.15) is 0 Å². The number of benzene rings is 1. The number of hydrogen-bond acceptors (Lipinski definition) is 4. The summed E-state index contributed by atoms with van der Waals surface area (Å²) in [6.07, 6.45) is 0.612. The van der Waals surface area contributed by atoms with Crippen molar-refractivity contribution in [1.82, 2.24) is 25.5 Å². The SMILES string of the molecule is Cc1ccccc1C(=O)NCCc1nnnn1C. The maximum Gasteiger partial charge on any atom is 0.251 e. The van der Waals surface area contributed by atoms with E-state index in [1.165, 1.54) is 0 Å². The smallest absolute Gasteiger partial charge is 0.251 e. The van der Waals surface area contributed by atoms with Crippen molar-refractivity contribution in [3.05, 3.63) is 41.2 Å². The van der Waals surface area contributed by atoms with Crippen LogP contribution in [0.5, 0.6) is 0 Å². The van der Waals surface area contributed by atoms with Crippen molar-refractivity contribution >= 4 is 5.91 Å². The van der Waals surface area contributed by atoms with Gasteiger partial charge in [0.05, 0.1) is 0 Å². The molecular weight excluding hydrogens is 230 g/mol. The van der Waals surface area contributed by atoms with Crippen molar-refractivity contribution in [3.8, 4) is 0 Å². The lowest BCUT2D eigenvalue weighted by Gasteiger charge is -2.06. The Hall–Kier alpha value is -2.24. The van der Waals surface area contributed by atoms with E-state index < -0.39 is 0 Å². The lowest BCUT2D eigenvalue weighted by molar-refractivity contribution is 0.0953. The van der Waals surface area contributed by atoms with Crippen molar-refractivity contribution in [3.63, 3.8) is 0 Å². The molecule has 1 aromatic carbocycles. The molecule has 0 spiro atoms. The van der Waals surface area contributed by atoms with Gasteiger partial charge in [-0.2, -0.15) is 0 Å². The second-order valence-electron chi connectivity index (χ2n) is 4.04. The van der Waals surface area contributed by atoms with Gasteiger partial charge in [0, 0.05) is 25.6 Å². The highest BCUT2D eigenvalue weighted by atomic mass is 16.1. The average molecular weight is 245 g/mol. The molecule has 6 heteroatoms. The van der Waals surface area contributed by atoms with E-state index in [0.29, 0.717) is 18.5 Å². The molecule has 1 amide bonds. The fourth-order valence-corrected chi connectivity index (χ4v) is 1.67. The Morgan fingerprint density at radius 3 is 2.83 bits per heavy atom. The van der Waals surface area contributed by atoms with Crippen molar-refractivity contribution in [2.45, 2.75) is 13.3 Å². The average Bonchev–Trinajstić information content (AvgIpc) is 2.75. The predicted octanol–water partition coefficient (Wildman–Crippen LogP) is 0.491. The number of tetrazole rings is 1. The van der Waals surface area contributed by atoms with Crippen LogP contribution in [-0.4, -0.2) is 32.7 Å². The fraction of sp³-hybridized carbons (Fsp3) is 0.333. The number of hydrogen-bond donors (Lipinski definition) is 1.